The number of hydrogen-bond donors (Lipinski definition) is 1. The van der Waals surface area contributed by atoms with Crippen LogP contribution in [0.25, 0.3) is 0 Å². The first-order valence-electron chi connectivity index (χ1n) is 9.32. The zero-order chi connectivity index (χ0) is 14.5. The van der Waals surface area contributed by atoms with E-state index in [4.69, 9.17) is 4.74 Å². The fourth-order valence-electron chi connectivity index (χ4n) is 4.70. The van der Waals surface area contributed by atoms with E-state index in [9.17, 15) is 0 Å². The number of thioether (sulfide) groups is 1. The first-order chi connectivity index (χ1) is 10.3. The van der Waals surface area contributed by atoms with E-state index in [1.54, 1.807) is 0 Å². The van der Waals surface area contributed by atoms with Gasteiger partial charge >= 0.3 is 0 Å². The van der Waals surface area contributed by atoms with Gasteiger partial charge in [-0.15, -0.1) is 0 Å². The van der Waals surface area contributed by atoms with Crippen LogP contribution in [0.1, 0.15) is 71.1 Å². The molecule has 122 valence electrons. The molecule has 0 bridgehead atoms. The smallest absolute Gasteiger partial charge is 0.0685 e. The van der Waals surface area contributed by atoms with Gasteiger partial charge in [-0.3, -0.25) is 0 Å². The zero-order valence-electron chi connectivity index (χ0n) is 13.7. The Hall–Kier alpha value is 0.270. The second kappa shape index (κ2) is 7.70. The van der Waals surface area contributed by atoms with Crippen LogP contribution in [0.4, 0.5) is 0 Å². The van der Waals surface area contributed by atoms with Gasteiger partial charge < -0.3 is 10.1 Å². The molecule has 3 fully saturated rings. The molecule has 3 heteroatoms. The SMILES string of the molecule is CCCNC(C1CCOC2(CCCC2)C1)C1CCCCS1. The molecule has 2 saturated heterocycles. The van der Waals surface area contributed by atoms with Crippen LogP contribution < -0.4 is 5.32 Å². The summed E-state index contributed by atoms with van der Waals surface area (Å²) >= 11 is 2.24. The normalized spacial score (nSPS) is 34.1. The van der Waals surface area contributed by atoms with Crippen LogP contribution >= 0.6 is 11.8 Å². The van der Waals surface area contributed by atoms with Gasteiger partial charge in [0.1, 0.15) is 0 Å². The summed E-state index contributed by atoms with van der Waals surface area (Å²) in [7, 11) is 0. The van der Waals surface area contributed by atoms with Gasteiger partial charge in [-0.1, -0.05) is 26.2 Å². The minimum Gasteiger partial charge on any atom is -0.375 e. The molecule has 1 aliphatic carbocycles. The van der Waals surface area contributed by atoms with Gasteiger partial charge in [0.2, 0.25) is 0 Å². The minimum absolute atomic E-state index is 0.272. The zero-order valence-corrected chi connectivity index (χ0v) is 14.6. The van der Waals surface area contributed by atoms with E-state index in [1.807, 2.05) is 0 Å². The summed E-state index contributed by atoms with van der Waals surface area (Å²) in [6.45, 7) is 4.49. The van der Waals surface area contributed by atoms with Crippen molar-refractivity contribution in [3.05, 3.63) is 0 Å². The van der Waals surface area contributed by atoms with E-state index in [2.05, 4.69) is 24.0 Å². The average molecular weight is 312 g/mol. The molecule has 0 radical (unpaired) electrons. The topological polar surface area (TPSA) is 21.3 Å². The highest BCUT2D eigenvalue weighted by molar-refractivity contribution is 8.00. The summed E-state index contributed by atoms with van der Waals surface area (Å²) in [5, 5.41) is 4.79. The molecule has 0 aromatic heterocycles. The van der Waals surface area contributed by atoms with Crippen LogP contribution in [0.3, 0.4) is 0 Å². The van der Waals surface area contributed by atoms with Gasteiger partial charge in [0.05, 0.1) is 5.60 Å². The summed E-state index contributed by atoms with van der Waals surface area (Å²) in [6, 6.07) is 0.733. The van der Waals surface area contributed by atoms with E-state index >= 15 is 0 Å². The second-order valence-electron chi connectivity index (χ2n) is 7.38. The Kier molecular flexibility index (Phi) is 5.92. The van der Waals surface area contributed by atoms with Gasteiger partial charge in [0, 0.05) is 17.9 Å². The van der Waals surface area contributed by atoms with Crippen LogP contribution in [0.5, 0.6) is 0 Å². The molecule has 1 saturated carbocycles. The minimum atomic E-state index is 0.272. The fourth-order valence-corrected chi connectivity index (χ4v) is 6.23. The molecule has 21 heavy (non-hydrogen) atoms. The summed E-state index contributed by atoms with van der Waals surface area (Å²) in [6.07, 6.45) is 13.6. The Labute approximate surface area is 135 Å². The molecule has 0 amide bonds. The largest absolute Gasteiger partial charge is 0.375 e. The van der Waals surface area contributed by atoms with E-state index in [-0.39, 0.29) is 5.60 Å². The quantitative estimate of drug-likeness (QED) is 0.814. The first-order valence-corrected chi connectivity index (χ1v) is 10.4. The Morgan fingerprint density at radius 2 is 2.05 bits per heavy atom. The lowest BCUT2D eigenvalue weighted by Gasteiger charge is -2.44. The molecule has 3 unspecified atom stereocenters. The van der Waals surface area contributed by atoms with Crippen LogP contribution in [0.15, 0.2) is 0 Å². The van der Waals surface area contributed by atoms with Gasteiger partial charge in [-0.2, -0.15) is 11.8 Å². The van der Waals surface area contributed by atoms with E-state index < -0.39 is 0 Å². The highest BCUT2D eigenvalue weighted by atomic mass is 32.2. The Bertz CT molecular complexity index is 310. The van der Waals surface area contributed by atoms with Crippen molar-refractivity contribution < 1.29 is 4.74 Å². The van der Waals surface area contributed by atoms with Gasteiger partial charge in [-0.05, 0) is 63.2 Å². The molecule has 2 heterocycles. The Morgan fingerprint density at radius 3 is 2.76 bits per heavy atom. The molecular formula is C18H33NOS. The van der Waals surface area contributed by atoms with E-state index in [1.165, 1.54) is 76.5 Å². The number of nitrogens with one attached hydrogen (secondary N) is 1. The highest BCUT2D eigenvalue weighted by Gasteiger charge is 2.43. The third kappa shape index (κ3) is 3.97. The summed E-state index contributed by atoms with van der Waals surface area (Å²) in [5.74, 6) is 2.22. The van der Waals surface area contributed by atoms with Crippen molar-refractivity contribution in [2.75, 3.05) is 18.9 Å². The first kappa shape index (κ1) is 16.1. The predicted molar refractivity (Wildman–Crippen MR) is 92.1 cm³/mol. The molecular weight excluding hydrogens is 278 g/mol. The number of rotatable bonds is 5. The standard InChI is InChI=1S/C18H33NOS/c1-2-11-19-17(16-7-3-6-13-21-16)15-8-12-20-18(14-15)9-4-5-10-18/h15-17,19H,2-14H2,1H3. The molecule has 2 aliphatic heterocycles. The summed E-state index contributed by atoms with van der Waals surface area (Å²) in [4.78, 5) is 0. The van der Waals surface area contributed by atoms with E-state index in [0.29, 0.717) is 0 Å². The van der Waals surface area contributed by atoms with Crippen LogP contribution in [0.2, 0.25) is 0 Å². The third-order valence-electron chi connectivity index (χ3n) is 5.80. The van der Waals surface area contributed by atoms with Crippen molar-refractivity contribution in [1.82, 2.24) is 5.32 Å². The highest BCUT2D eigenvalue weighted by Crippen LogP contribution is 2.44. The lowest BCUT2D eigenvalue weighted by atomic mass is 9.79. The fraction of sp³-hybridized carbons (Fsp3) is 1.00. The molecule has 3 rings (SSSR count). The molecule has 3 aliphatic rings. The van der Waals surface area contributed by atoms with Gasteiger partial charge in [-0.25, -0.2) is 0 Å². The van der Waals surface area contributed by atoms with Crippen molar-refractivity contribution in [3.8, 4) is 0 Å². The lowest BCUT2D eigenvalue weighted by Crippen LogP contribution is -2.50. The van der Waals surface area contributed by atoms with Crippen LogP contribution in [-0.4, -0.2) is 35.8 Å². The van der Waals surface area contributed by atoms with Crippen molar-refractivity contribution >= 4 is 11.8 Å². The van der Waals surface area contributed by atoms with Crippen molar-refractivity contribution in [1.29, 1.82) is 0 Å². The maximum absolute atomic E-state index is 6.26. The summed E-state index contributed by atoms with van der Waals surface area (Å²) in [5.41, 5.74) is 0.272. The Balaban J connectivity index is 1.65. The number of hydrogen-bond acceptors (Lipinski definition) is 3. The van der Waals surface area contributed by atoms with Gasteiger partial charge in [0.15, 0.2) is 0 Å². The molecule has 0 aromatic rings. The monoisotopic (exact) mass is 311 g/mol. The molecule has 1 spiro atoms. The van der Waals surface area contributed by atoms with Crippen molar-refractivity contribution in [2.24, 2.45) is 5.92 Å². The van der Waals surface area contributed by atoms with Gasteiger partial charge in [0.25, 0.3) is 0 Å². The second-order valence-corrected chi connectivity index (χ2v) is 8.72. The molecule has 0 aromatic carbocycles. The number of ether oxygens (including phenoxy) is 1. The maximum atomic E-state index is 6.26. The molecule has 1 N–H and O–H groups in total. The summed E-state index contributed by atoms with van der Waals surface area (Å²) < 4.78 is 6.26. The maximum Gasteiger partial charge on any atom is 0.0685 e. The predicted octanol–water partition coefficient (Wildman–Crippen LogP) is 4.38. The molecule has 2 nitrogen and oxygen atoms in total. The van der Waals surface area contributed by atoms with Crippen LogP contribution in [0, 0.1) is 5.92 Å². The third-order valence-corrected chi connectivity index (χ3v) is 7.28. The average Bonchev–Trinajstić information content (AvgIpc) is 2.97. The lowest BCUT2D eigenvalue weighted by molar-refractivity contribution is -0.0980. The molecule has 3 atom stereocenters. The van der Waals surface area contributed by atoms with E-state index in [0.717, 1.165) is 23.8 Å². The van der Waals surface area contributed by atoms with Crippen LogP contribution in [-0.2, 0) is 4.74 Å². The van der Waals surface area contributed by atoms with Crippen molar-refractivity contribution in [2.45, 2.75) is 88.0 Å². The Morgan fingerprint density at radius 1 is 1.19 bits per heavy atom. The van der Waals surface area contributed by atoms with Crippen molar-refractivity contribution in [3.63, 3.8) is 0 Å².